The minimum Gasteiger partial charge on any atom is -0.274 e. The number of anilines is 1. The van der Waals surface area contributed by atoms with Crippen molar-refractivity contribution in [3.63, 3.8) is 0 Å². The Balaban J connectivity index is 1.60. The van der Waals surface area contributed by atoms with Gasteiger partial charge in [-0.15, -0.1) is 0 Å². The van der Waals surface area contributed by atoms with Gasteiger partial charge in [0.05, 0.1) is 17.5 Å². The Morgan fingerprint density at radius 3 is 2.19 bits per heavy atom. The fourth-order valence-electron chi connectivity index (χ4n) is 4.83. The number of amides is 2. The highest BCUT2D eigenvalue weighted by Gasteiger charge is 2.67. The van der Waals surface area contributed by atoms with Crippen LogP contribution in [0.1, 0.15) is 6.42 Å². The zero-order valence-corrected chi connectivity index (χ0v) is 13.4. The van der Waals surface area contributed by atoms with Crippen molar-refractivity contribution in [3.05, 3.63) is 40.0 Å². The lowest BCUT2D eigenvalue weighted by atomic mass is 9.63. The number of nitrogens with zero attached hydrogens (tertiary/aromatic N) is 1. The number of benzene rings is 1. The minimum atomic E-state index is -0.103. The van der Waals surface area contributed by atoms with Gasteiger partial charge in [-0.25, -0.2) is 4.90 Å². The lowest BCUT2D eigenvalue weighted by Crippen LogP contribution is -2.40. The summed E-state index contributed by atoms with van der Waals surface area (Å²) in [5.41, 5.74) is 0.736. The summed E-state index contributed by atoms with van der Waals surface area (Å²) < 4.78 is 1.05. The van der Waals surface area contributed by atoms with E-state index in [0.29, 0.717) is 23.7 Å². The maximum Gasteiger partial charge on any atom is 0.238 e. The molecule has 3 nitrogen and oxygen atoms in total. The predicted molar refractivity (Wildman–Crippen MR) is 86.3 cm³/mol. The topological polar surface area (TPSA) is 37.4 Å². The molecular formula is C17H14INO2. The first-order chi connectivity index (χ1) is 10.2. The molecule has 0 radical (unpaired) electrons. The van der Waals surface area contributed by atoms with E-state index in [1.54, 1.807) is 0 Å². The Morgan fingerprint density at radius 2 is 1.62 bits per heavy atom. The van der Waals surface area contributed by atoms with Gasteiger partial charge in [-0.2, -0.15) is 0 Å². The maximum atomic E-state index is 12.9. The highest BCUT2D eigenvalue weighted by atomic mass is 127. The molecular weight excluding hydrogens is 377 g/mol. The molecule has 6 atom stereocenters. The second kappa shape index (κ2) is 3.97. The van der Waals surface area contributed by atoms with Crippen molar-refractivity contribution in [2.75, 3.05) is 4.90 Å². The number of imide groups is 1. The van der Waals surface area contributed by atoms with Gasteiger partial charge in [-0.3, -0.25) is 9.59 Å². The highest BCUT2D eigenvalue weighted by molar-refractivity contribution is 14.1. The lowest BCUT2D eigenvalue weighted by molar-refractivity contribution is -0.124. The van der Waals surface area contributed by atoms with Gasteiger partial charge in [0.1, 0.15) is 0 Å². The van der Waals surface area contributed by atoms with E-state index in [-0.39, 0.29) is 23.7 Å². The van der Waals surface area contributed by atoms with Crippen LogP contribution in [-0.2, 0) is 9.59 Å². The van der Waals surface area contributed by atoms with E-state index in [4.69, 9.17) is 0 Å². The minimum absolute atomic E-state index is 0.0247. The van der Waals surface area contributed by atoms with Crippen molar-refractivity contribution in [1.29, 1.82) is 0 Å². The molecule has 0 N–H and O–H groups in total. The van der Waals surface area contributed by atoms with Crippen molar-refractivity contribution in [3.8, 4) is 0 Å². The van der Waals surface area contributed by atoms with Crippen LogP contribution in [0.15, 0.2) is 36.4 Å². The van der Waals surface area contributed by atoms with Crippen molar-refractivity contribution in [2.45, 2.75) is 6.42 Å². The number of carbonyl (C=O) groups excluding carboxylic acids is 2. The van der Waals surface area contributed by atoms with E-state index >= 15 is 0 Å². The molecule has 5 aliphatic rings. The number of carbonyl (C=O) groups is 2. The monoisotopic (exact) mass is 391 g/mol. The van der Waals surface area contributed by atoms with Crippen LogP contribution in [0.2, 0.25) is 0 Å². The Hall–Kier alpha value is -1.17. The molecule has 1 saturated heterocycles. The summed E-state index contributed by atoms with van der Waals surface area (Å²) in [6.07, 6.45) is 5.63. The molecule has 106 valence electrons. The molecule has 0 unspecified atom stereocenters. The maximum absolute atomic E-state index is 12.9. The molecule has 4 heteroatoms. The zero-order valence-electron chi connectivity index (χ0n) is 11.3. The Bertz CT molecular complexity index is 676. The van der Waals surface area contributed by atoms with Gasteiger partial charge in [0.25, 0.3) is 0 Å². The molecule has 2 saturated carbocycles. The summed E-state index contributed by atoms with van der Waals surface area (Å²) in [5, 5.41) is 0. The summed E-state index contributed by atoms with van der Waals surface area (Å²) in [6.45, 7) is 0. The normalized spacial score (nSPS) is 42.2. The van der Waals surface area contributed by atoms with Gasteiger partial charge in [0.2, 0.25) is 11.8 Å². The molecule has 0 aromatic heterocycles. The summed E-state index contributed by atoms with van der Waals surface area (Å²) in [7, 11) is 0. The van der Waals surface area contributed by atoms with Crippen LogP contribution in [0.5, 0.6) is 0 Å². The standard InChI is InChI=1S/C17H14INO2/c18-8-2-1-3-9(6-8)19-16(20)14-10-4-5-11(13-7-12(10)13)15(14)17(19)21/h1-6,10-15H,7H2/t10-,11+,12-,13-,14+,15+/m1/s1. The van der Waals surface area contributed by atoms with E-state index < -0.39 is 0 Å². The third-order valence-corrected chi connectivity index (χ3v) is 6.40. The largest absolute Gasteiger partial charge is 0.274 e. The van der Waals surface area contributed by atoms with Crippen LogP contribution >= 0.6 is 22.6 Å². The molecule has 0 spiro atoms. The van der Waals surface area contributed by atoms with Crippen LogP contribution < -0.4 is 4.90 Å². The molecule has 3 fully saturated rings. The Kier molecular flexibility index (Phi) is 2.34. The van der Waals surface area contributed by atoms with Gasteiger partial charge in [0, 0.05) is 3.57 Å². The van der Waals surface area contributed by atoms with Gasteiger partial charge in [-0.1, -0.05) is 18.2 Å². The average molecular weight is 391 g/mol. The van der Waals surface area contributed by atoms with Crippen LogP contribution in [0.4, 0.5) is 5.69 Å². The first kappa shape index (κ1) is 12.4. The van der Waals surface area contributed by atoms with Crippen molar-refractivity contribution in [1.82, 2.24) is 0 Å². The quantitative estimate of drug-likeness (QED) is 0.420. The SMILES string of the molecule is O=C1[C@H]2[C@@H]3C=C[C@@H]([C@H]4C[C@H]34)[C@@H]2C(=O)N1c1cccc(I)c1. The number of allylic oxidation sites excluding steroid dienone is 2. The van der Waals surface area contributed by atoms with Crippen molar-refractivity contribution in [2.24, 2.45) is 35.5 Å². The van der Waals surface area contributed by atoms with E-state index in [1.807, 2.05) is 24.3 Å². The molecule has 2 amide bonds. The average Bonchev–Trinajstić information content (AvgIpc) is 3.24. The molecule has 2 bridgehead atoms. The first-order valence-electron chi connectivity index (χ1n) is 7.48. The second-order valence-corrected chi connectivity index (χ2v) is 7.89. The number of halogens is 1. The second-order valence-electron chi connectivity index (χ2n) is 6.65. The molecule has 4 aliphatic carbocycles. The van der Waals surface area contributed by atoms with Crippen LogP contribution in [0.3, 0.4) is 0 Å². The smallest absolute Gasteiger partial charge is 0.238 e. The zero-order chi connectivity index (χ0) is 14.3. The molecule has 1 aliphatic heterocycles. The van der Waals surface area contributed by atoms with Gasteiger partial charge in [0.15, 0.2) is 0 Å². The fraction of sp³-hybridized carbons (Fsp3) is 0.412. The Morgan fingerprint density at radius 1 is 1.00 bits per heavy atom. The summed E-state index contributed by atoms with van der Waals surface area (Å²) >= 11 is 2.22. The summed E-state index contributed by atoms with van der Waals surface area (Å²) in [5.74, 6) is 1.77. The van der Waals surface area contributed by atoms with Crippen molar-refractivity contribution < 1.29 is 9.59 Å². The van der Waals surface area contributed by atoms with E-state index in [2.05, 4.69) is 34.7 Å². The molecule has 1 aromatic carbocycles. The highest BCUT2D eigenvalue weighted by Crippen LogP contribution is 2.65. The molecule has 1 aromatic rings. The van der Waals surface area contributed by atoms with E-state index in [9.17, 15) is 9.59 Å². The van der Waals surface area contributed by atoms with Gasteiger partial charge < -0.3 is 0 Å². The van der Waals surface area contributed by atoms with E-state index in [0.717, 1.165) is 9.26 Å². The first-order valence-corrected chi connectivity index (χ1v) is 8.56. The third kappa shape index (κ3) is 1.49. The van der Waals surface area contributed by atoms with Crippen molar-refractivity contribution >= 4 is 40.1 Å². The van der Waals surface area contributed by atoms with Crippen LogP contribution in [0, 0.1) is 39.1 Å². The molecule has 1 heterocycles. The number of hydrogen-bond acceptors (Lipinski definition) is 2. The van der Waals surface area contributed by atoms with Crippen LogP contribution in [-0.4, -0.2) is 11.8 Å². The van der Waals surface area contributed by atoms with E-state index in [1.165, 1.54) is 11.3 Å². The lowest BCUT2D eigenvalue weighted by Gasteiger charge is -2.37. The third-order valence-electron chi connectivity index (χ3n) is 5.73. The van der Waals surface area contributed by atoms with Gasteiger partial charge >= 0.3 is 0 Å². The Labute approximate surface area is 136 Å². The predicted octanol–water partition coefficient (Wildman–Crippen LogP) is 2.85. The summed E-state index contributed by atoms with van der Waals surface area (Å²) in [4.78, 5) is 27.2. The van der Waals surface area contributed by atoms with Crippen LogP contribution in [0.25, 0.3) is 0 Å². The summed E-state index contributed by atoms with van der Waals surface area (Å²) in [6, 6.07) is 7.67. The number of hydrogen-bond donors (Lipinski definition) is 0. The fourth-order valence-corrected chi connectivity index (χ4v) is 5.35. The molecule has 21 heavy (non-hydrogen) atoms. The molecule has 6 rings (SSSR count). The van der Waals surface area contributed by atoms with Gasteiger partial charge in [-0.05, 0) is 70.9 Å². The number of rotatable bonds is 1.